The van der Waals surface area contributed by atoms with E-state index >= 15 is 0 Å². The predicted molar refractivity (Wildman–Crippen MR) is 81.5 cm³/mol. The lowest BCUT2D eigenvalue weighted by atomic mass is 10.2. The largest absolute Gasteiger partial charge is 0.480 e. The summed E-state index contributed by atoms with van der Waals surface area (Å²) in [7, 11) is 1.78. The van der Waals surface area contributed by atoms with Gasteiger partial charge in [0.2, 0.25) is 5.91 Å². The Bertz CT molecular complexity index is 428. The summed E-state index contributed by atoms with van der Waals surface area (Å²) < 4.78 is 5.50. The highest BCUT2D eigenvalue weighted by Gasteiger charge is 2.07. The van der Waals surface area contributed by atoms with Crippen molar-refractivity contribution >= 4 is 24.3 Å². The molecule has 0 aliphatic carbocycles. The van der Waals surface area contributed by atoms with Gasteiger partial charge in [-0.2, -0.15) is 0 Å². The molecule has 0 saturated heterocycles. The number of carboxylic acids is 1. The first-order valence-electron chi connectivity index (χ1n) is 6.36. The third-order valence-corrected chi connectivity index (χ3v) is 2.58. The Kier molecular flexibility index (Phi) is 10.2. The fraction of sp³-hybridized carbons (Fsp3) is 0.429. The summed E-state index contributed by atoms with van der Waals surface area (Å²) in [6.45, 7) is 1.46. The second-order valence-electron chi connectivity index (χ2n) is 4.45. The number of carbonyl (C=O) groups excluding carboxylic acids is 1. The Morgan fingerprint density at radius 2 is 1.95 bits per heavy atom. The number of nitrogens with one attached hydrogen (secondary N) is 1. The zero-order valence-electron chi connectivity index (χ0n) is 11.9. The van der Waals surface area contributed by atoms with Gasteiger partial charge in [-0.05, 0) is 12.6 Å². The van der Waals surface area contributed by atoms with Crippen molar-refractivity contribution in [1.29, 1.82) is 0 Å². The maximum atomic E-state index is 11.4. The molecule has 2 N–H and O–H groups in total. The van der Waals surface area contributed by atoms with Gasteiger partial charge in [-0.25, -0.2) is 0 Å². The van der Waals surface area contributed by atoms with Crippen LogP contribution in [0.25, 0.3) is 0 Å². The van der Waals surface area contributed by atoms with E-state index in [2.05, 4.69) is 5.32 Å². The number of likely N-dealkylation sites (N-methyl/N-ethyl adjacent to an activating group) is 1. The lowest BCUT2D eigenvalue weighted by molar-refractivity contribution is -0.138. The molecule has 7 heteroatoms. The minimum Gasteiger partial charge on any atom is -0.480 e. The van der Waals surface area contributed by atoms with Crippen LogP contribution in [0.5, 0.6) is 0 Å². The molecule has 1 aromatic rings. The van der Waals surface area contributed by atoms with Crippen LogP contribution in [0.1, 0.15) is 5.56 Å². The summed E-state index contributed by atoms with van der Waals surface area (Å²) in [4.78, 5) is 23.4. The molecule has 0 saturated carbocycles. The number of hydrogen-bond acceptors (Lipinski definition) is 4. The zero-order chi connectivity index (χ0) is 14.8. The van der Waals surface area contributed by atoms with Crippen molar-refractivity contribution in [2.24, 2.45) is 0 Å². The third kappa shape index (κ3) is 9.84. The van der Waals surface area contributed by atoms with Gasteiger partial charge in [0, 0.05) is 6.54 Å². The van der Waals surface area contributed by atoms with Gasteiger partial charge in [0.25, 0.3) is 0 Å². The molecule has 118 valence electrons. The van der Waals surface area contributed by atoms with Gasteiger partial charge >= 0.3 is 5.97 Å². The first-order chi connectivity index (χ1) is 9.58. The number of halogens is 1. The Morgan fingerprint density at radius 3 is 2.57 bits per heavy atom. The minimum atomic E-state index is -1.05. The van der Waals surface area contributed by atoms with Crippen LogP contribution in [0.4, 0.5) is 0 Å². The van der Waals surface area contributed by atoms with Crippen molar-refractivity contribution < 1.29 is 19.4 Å². The number of carbonyl (C=O) groups is 2. The SMILES string of the molecule is CN(CCOCc1ccccc1)CC(=O)NCC(=O)O.Cl. The molecular formula is C14H21ClN2O4. The average Bonchev–Trinajstić information content (AvgIpc) is 2.42. The molecule has 1 aromatic carbocycles. The Morgan fingerprint density at radius 1 is 1.29 bits per heavy atom. The number of amides is 1. The number of hydrogen-bond donors (Lipinski definition) is 2. The van der Waals surface area contributed by atoms with Crippen molar-refractivity contribution in [3.8, 4) is 0 Å². The molecule has 0 radical (unpaired) electrons. The number of aliphatic carboxylic acids is 1. The molecule has 6 nitrogen and oxygen atoms in total. The molecule has 0 heterocycles. The van der Waals surface area contributed by atoms with Crippen molar-refractivity contribution in [2.45, 2.75) is 6.61 Å². The smallest absolute Gasteiger partial charge is 0.322 e. The van der Waals surface area contributed by atoms with E-state index in [1.54, 1.807) is 11.9 Å². The Labute approximate surface area is 130 Å². The summed E-state index contributed by atoms with van der Waals surface area (Å²) in [6, 6.07) is 9.84. The highest BCUT2D eigenvalue weighted by Crippen LogP contribution is 2.00. The maximum Gasteiger partial charge on any atom is 0.322 e. The zero-order valence-corrected chi connectivity index (χ0v) is 12.8. The van der Waals surface area contributed by atoms with E-state index in [1.807, 2.05) is 30.3 Å². The molecule has 0 unspecified atom stereocenters. The van der Waals surface area contributed by atoms with Crippen LogP contribution in [0.3, 0.4) is 0 Å². The van der Waals surface area contributed by atoms with Crippen LogP contribution in [0, 0.1) is 0 Å². The van der Waals surface area contributed by atoms with Crippen LogP contribution in [0.15, 0.2) is 30.3 Å². The number of rotatable bonds is 9. The van der Waals surface area contributed by atoms with Crippen molar-refractivity contribution in [1.82, 2.24) is 10.2 Å². The van der Waals surface area contributed by atoms with Gasteiger partial charge in [0.1, 0.15) is 6.54 Å². The normalized spacial score (nSPS) is 10.0. The summed E-state index contributed by atoms with van der Waals surface area (Å²) in [6.07, 6.45) is 0. The molecule has 0 spiro atoms. The maximum absolute atomic E-state index is 11.4. The molecule has 0 bridgehead atoms. The van der Waals surface area contributed by atoms with Crippen molar-refractivity contribution in [2.75, 3.05) is 33.3 Å². The number of benzene rings is 1. The lowest BCUT2D eigenvalue weighted by Gasteiger charge is -2.15. The molecule has 0 atom stereocenters. The molecule has 0 aromatic heterocycles. The van der Waals surface area contributed by atoms with Gasteiger partial charge in [0.05, 0.1) is 19.8 Å². The quantitative estimate of drug-likeness (QED) is 0.658. The molecular weight excluding hydrogens is 296 g/mol. The van der Waals surface area contributed by atoms with E-state index in [9.17, 15) is 9.59 Å². The Hall–Kier alpha value is -1.63. The first kappa shape index (κ1) is 19.4. The average molecular weight is 317 g/mol. The fourth-order valence-corrected chi connectivity index (χ4v) is 1.54. The molecule has 1 rings (SSSR count). The highest BCUT2D eigenvalue weighted by molar-refractivity contribution is 5.85. The van der Waals surface area contributed by atoms with Gasteiger partial charge in [-0.3, -0.25) is 14.5 Å². The second kappa shape index (κ2) is 11.1. The van der Waals surface area contributed by atoms with Gasteiger partial charge in [0.15, 0.2) is 0 Å². The molecule has 21 heavy (non-hydrogen) atoms. The van der Waals surface area contributed by atoms with Crippen LogP contribution >= 0.6 is 12.4 Å². The van der Waals surface area contributed by atoms with E-state index in [0.717, 1.165) is 5.56 Å². The monoisotopic (exact) mass is 316 g/mol. The van der Waals surface area contributed by atoms with Crippen LogP contribution in [-0.4, -0.2) is 55.2 Å². The summed E-state index contributed by atoms with van der Waals surface area (Å²) in [5, 5.41) is 10.7. The molecule has 0 aliphatic heterocycles. The molecule has 0 aliphatic rings. The van der Waals surface area contributed by atoms with Crippen molar-refractivity contribution in [3.05, 3.63) is 35.9 Å². The lowest BCUT2D eigenvalue weighted by Crippen LogP contribution is -2.38. The van der Waals surface area contributed by atoms with E-state index in [1.165, 1.54) is 0 Å². The fourth-order valence-electron chi connectivity index (χ4n) is 1.54. The molecule has 0 fully saturated rings. The summed E-state index contributed by atoms with van der Waals surface area (Å²) in [5.41, 5.74) is 1.11. The van der Waals surface area contributed by atoms with E-state index in [4.69, 9.17) is 9.84 Å². The minimum absolute atomic E-state index is 0. The standard InChI is InChI=1S/C14H20N2O4.ClH/c1-16(10-13(17)15-9-14(18)19)7-8-20-11-12-5-3-2-4-6-12;/h2-6H,7-11H2,1H3,(H,15,17)(H,18,19);1H. The number of carboxylic acid groups (broad SMARTS) is 1. The molecule has 1 amide bonds. The number of nitrogens with zero attached hydrogens (tertiary/aromatic N) is 1. The number of ether oxygens (including phenoxy) is 1. The summed E-state index contributed by atoms with van der Waals surface area (Å²) >= 11 is 0. The van der Waals surface area contributed by atoms with Gasteiger partial charge in [-0.1, -0.05) is 30.3 Å². The van der Waals surface area contributed by atoms with Gasteiger partial charge in [-0.15, -0.1) is 12.4 Å². The van der Waals surface area contributed by atoms with Gasteiger partial charge < -0.3 is 15.2 Å². The highest BCUT2D eigenvalue weighted by atomic mass is 35.5. The van der Waals surface area contributed by atoms with E-state index < -0.39 is 5.97 Å². The van der Waals surface area contributed by atoms with Crippen molar-refractivity contribution in [3.63, 3.8) is 0 Å². The van der Waals surface area contributed by atoms with Crippen LogP contribution < -0.4 is 5.32 Å². The topological polar surface area (TPSA) is 78.9 Å². The predicted octanol–water partition coefficient (Wildman–Crippen LogP) is 0.758. The van der Waals surface area contributed by atoms with Crippen LogP contribution in [-0.2, 0) is 20.9 Å². The van der Waals surface area contributed by atoms with E-state index in [-0.39, 0.29) is 31.4 Å². The first-order valence-corrected chi connectivity index (χ1v) is 6.36. The summed E-state index contributed by atoms with van der Waals surface area (Å²) in [5.74, 6) is -1.36. The van der Waals surface area contributed by atoms with E-state index in [0.29, 0.717) is 19.8 Å². The van der Waals surface area contributed by atoms with Crippen LogP contribution in [0.2, 0.25) is 0 Å². The third-order valence-electron chi connectivity index (χ3n) is 2.58. The second-order valence-corrected chi connectivity index (χ2v) is 4.45. The Balaban J connectivity index is 0.00000400.